The predicted molar refractivity (Wildman–Crippen MR) is 73.2 cm³/mol. The van der Waals surface area contributed by atoms with Gasteiger partial charge in [0.05, 0.1) is 0 Å². The van der Waals surface area contributed by atoms with E-state index in [0.717, 1.165) is 30.8 Å². The monoisotopic (exact) mass is 252 g/mol. The van der Waals surface area contributed by atoms with E-state index in [2.05, 4.69) is 28.0 Å². The maximum atomic E-state index is 8.81. The van der Waals surface area contributed by atoms with E-state index >= 15 is 0 Å². The molecular formula is C15H16N4. The van der Waals surface area contributed by atoms with Crippen molar-refractivity contribution in [3.63, 3.8) is 0 Å². The summed E-state index contributed by atoms with van der Waals surface area (Å²) in [7, 11) is 2.06. The molecule has 0 atom stereocenters. The van der Waals surface area contributed by atoms with Crippen LogP contribution in [0.3, 0.4) is 0 Å². The minimum Gasteiger partial charge on any atom is -0.302 e. The molecule has 0 radical (unpaired) electrons. The Hall–Kier alpha value is -2.25. The first-order valence-corrected chi connectivity index (χ1v) is 6.21. The molecule has 0 aromatic carbocycles. The average molecular weight is 252 g/mol. The molecule has 0 aliphatic carbocycles. The largest absolute Gasteiger partial charge is 0.302 e. The molecule has 0 amide bonds. The number of aromatic nitrogens is 2. The van der Waals surface area contributed by atoms with Crippen molar-refractivity contribution in [3.8, 4) is 6.07 Å². The van der Waals surface area contributed by atoms with Gasteiger partial charge in [-0.15, -0.1) is 0 Å². The van der Waals surface area contributed by atoms with Crippen LogP contribution >= 0.6 is 0 Å². The number of hydrogen-bond acceptors (Lipinski definition) is 4. The molecule has 0 aliphatic heterocycles. The van der Waals surface area contributed by atoms with Crippen LogP contribution in [0.5, 0.6) is 0 Å². The lowest BCUT2D eigenvalue weighted by Crippen LogP contribution is -2.21. The van der Waals surface area contributed by atoms with Gasteiger partial charge in [-0.1, -0.05) is 6.07 Å². The number of nitriles is 1. The highest BCUT2D eigenvalue weighted by Gasteiger charge is 2.03. The Bertz CT molecular complexity index is 560. The van der Waals surface area contributed by atoms with Gasteiger partial charge in [0.25, 0.3) is 0 Å². The third kappa shape index (κ3) is 4.16. The van der Waals surface area contributed by atoms with E-state index in [9.17, 15) is 0 Å². The van der Waals surface area contributed by atoms with Crippen LogP contribution in [0.2, 0.25) is 0 Å². The van der Waals surface area contributed by atoms with Crippen molar-refractivity contribution in [3.05, 3.63) is 59.7 Å². The van der Waals surface area contributed by atoms with Gasteiger partial charge in [-0.2, -0.15) is 5.26 Å². The average Bonchev–Trinajstić information content (AvgIpc) is 2.46. The van der Waals surface area contributed by atoms with Crippen molar-refractivity contribution in [2.24, 2.45) is 0 Å². The van der Waals surface area contributed by atoms with Gasteiger partial charge in [-0.05, 0) is 36.9 Å². The van der Waals surface area contributed by atoms with Gasteiger partial charge < -0.3 is 4.90 Å². The maximum Gasteiger partial charge on any atom is 0.140 e. The van der Waals surface area contributed by atoms with Gasteiger partial charge in [0.15, 0.2) is 0 Å². The molecule has 0 fully saturated rings. The third-order valence-corrected chi connectivity index (χ3v) is 2.87. The number of likely N-dealkylation sites (N-methyl/N-ethyl adjacent to an activating group) is 1. The lowest BCUT2D eigenvalue weighted by Gasteiger charge is -2.16. The van der Waals surface area contributed by atoms with E-state index in [1.165, 1.54) is 0 Å². The van der Waals surface area contributed by atoms with E-state index in [4.69, 9.17) is 5.26 Å². The molecule has 0 spiro atoms. The molecule has 96 valence electrons. The molecule has 0 saturated carbocycles. The Kier molecular flexibility index (Phi) is 4.60. The van der Waals surface area contributed by atoms with Gasteiger partial charge in [-0.25, -0.2) is 4.98 Å². The predicted octanol–water partition coefficient (Wildman–Crippen LogP) is 2.02. The number of nitrogens with zero attached hydrogens (tertiary/aromatic N) is 4. The Balaban J connectivity index is 1.87. The molecular weight excluding hydrogens is 236 g/mol. The third-order valence-electron chi connectivity index (χ3n) is 2.87. The Morgan fingerprint density at radius 2 is 2.11 bits per heavy atom. The Labute approximate surface area is 113 Å². The summed E-state index contributed by atoms with van der Waals surface area (Å²) in [6.07, 6.45) is 4.42. The van der Waals surface area contributed by atoms with Crippen LogP contribution in [-0.4, -0.2) is 28.5 Å². The van der Waals surface area contributed by atoms with Crippen molar-refractivity contribution < 1.29 is 0 Å². The van der Waals surface area contributed by atoms with Crippen LogP contribution in [0.25, 0.3) is 0 Å². The summed E-state index contributed by atoms with van der Waals surface area (Å²) in [5.41, 5.74) is 2.67. The SMILES string of the molecule is CN(CCc1ccccn1)Cc1ccnc(C#N)c1. The van der Waals surface area contributed by atoms with Crippen molar-refractivity contribution >= 4 is 0 Å². The van der Waals surface area contributed by atoms with E-state index in [1.54, 1.807) is 6.20 Å². The van der Waals surface area contributed by atoms with Crippen molar-refractivity contribution in [2.75, 3.05) is 13.6 Å². The first-order chi connectivity index (χ1) is 9.28. The van der Waals surface area contributed by atoms with Crippen molar-refractivity contribution in [1.29, 1.82) is 5.26 Å². The van der Waals surface area contributed by atoms with Crippen LogP contribution in [0, 0.1) is 11.3 Å². The van der Waals surface area contributed by atoms with Crippen LogP contribution in [0.15, 0.2) is 42.7 Å². The minimum atomic E-state index is 0.468. The molecule has 2 rings (SSSR count). The lowest BCUT2D eigenvalue weighted by atomic mass is 10.2. The molecule has 2 aromatic rings. The molecule has 2 aromatic heterocycles. The summed E-state index contributed by atoms with van der Waals surface area (Å²) in [6.45, 7) is 1.74. The summed E-state index contributed by atoms with van der Waals surface area (Å²) in [5.74, 6) is 0. The first kappa shape index (κ1) is 13.2. The van der Waals surface area contributed by atoms with Gasteiger partial charge in [0, 0.05) is 37.6 Å². The fourth-order valence-electron chi connectivity index (χ4n) is 1.88. The molecule has 0 N–H and O–H groups in total. The zero-order valence-electron chi connectivity index (χ0n) is 11.0. The summed E-state index contributed by atoms with van der Waals surface area (Å²) in [5, 5.41) is 8.81. The van der Waals surface area contributed by atoms with E-state index in [-0.39, 0.29) is 0 Å². The topological polar surface area (TPSA) is 52.8 Å². The number of hydrogen-bond donors (Lipinski definition) is 0. The smallest absolute Gasteiger partial charge is 0.140 e. The van der Waals surface area contributed by atoms with Crippen LogP contribution in [-0.2, 0) is 13.0 Å². The first-order valence-electron chi connectivity index (χ1n) is 6.21. The Morgan fingerprint density at radius 1 is 1.21 bits per heavy atom. The molecule has 0 unspecified atom stereocenters. The van der Waals surface area contributed by atoms with Crippen molar-refractivity contribution in [2.45, 2.75) is 13.0 Å². The van der Waals surface area contributed by atoms with Gasteiger partial charge in [0.1, 0.15) is 11.8 Å². The van der Waals surface area contributed by atoms with Gasteiger partial charge in [-0.3, -0.25) is 4.98 Å². The Morgan fingerprint density at radius 3 is 2.84 bits per heavy atom. The summed E-state index contributed by atoms with van der Waals surface area (Å²) < 4.78 is 0. The van der Waals surface area contributed by atoms with Gasteiger partial charge >= 0.3 is 0 Å². The molecule has 4 nitrogen and oxygen atoms in total. The summed E-state index contributed by atoms with van der Waals surface area (Å²) in [4.78, 5) is 10.5. The zero-order valence-corrected chi connectivity index (χ0v) is 11.0. The van der Waals surface area contributed by atoms with E-state index in [0.29, 0.717) is 5.69 Å². The van der Waals surface area contributed by atoms with E-state index < -0.39 is 0 Å². The molecule has 0 saturated heterocycles. The standard InChI is InChI=1S/C15H16N4/c1-19(9-6-14-4-2-3-7-17-14)12-13-5-8-18-15(10-13)11-16/h2-5,7-8,10H,6,9,12H2,1H3. The fourth-order valence-corrected chi connectivity index (χ4v) is 1.88. The van der Waals surface area contributed by atoms with Gasteiger partial charge in [0.2, 0.25) is 0 Å². The quantitative estimate of drug-likeness (QED) is 0.817. The second-order valence-corrected chi connectivity index (χ2v) is 4.47. The minimum absolute atomic E-state index is 0.468. The molecule has 0 bridgehead atoms. The second-order valence-electron chi connectivity index (χ2n) is 4.47. The summed E-state index contributed by atoms with van der Waals surface area (Å²) >= 11 is 0. The highest BCUT2D eigenvalue weighted by Crippen LogP contribution is 2.05. The lowest BCUT2D eigenvalue weighted by molar-refractivity contribution is 0.330. The second kappa shape index (κ2) is 6.62. The molecule has 2 heterocycles. The van der Waals surface area contributed by atoms with Crippen molar-refractivity contribution in [1.82, 2.24) is 14.9 Å². The molecule has 19 heavy (non-hydrogen) atoms. The number of rotatable bonds is 5. The maximum absolute atomic E-state index is 8.81. The molecule has 4 heteroatoms. The van der Waals surface area contributed by atoms with E-state index in [1.807, 2.05) is 36.5 Å². The van der Waals surface area contributed by atoms with Crippen LogP contribution in [0.4, 0.5) is 0 Å². The van der Waals surface area contributed by atoms with Crippen LogP contribution < -0.4 is 0 Å². The normalized spacial score (nSPS) is 10.4. The zero-order chi connectivity index (χ0) is 13.5. The highest BCUT2D eigenvalue weighted by molar-refractivity contribution is 5.25. The highest BCUT2D eigenvalue weighted by atomic mass is 15.1. The summed E-state index contributed by atoms with van der Waals surface area (Å²) in [6, 6.07) is 11.8. The molecule has 0 aliphatic rings. The van der Waals surface area contributed by atoms with Crippen LogP contribution in [0.1, 0.15) is 17.0 Å². The number of pyridine rings is 2. The fraction of sp³-hybridized carbons (Fsp3) is 0.267.